The van der Waals surface area contributed by atoms with E-state index in [2.05, 4.69) is 15.2 Å². The SMILES string of the molecule is CCN(C)C(=O)CCc1nnc(-c2ccc(OCC3CCC3)cc2)[nH]c1=O. The first-order valence-corrected chi connectivity index (χ1v) is 9.50. The van der Waals surface area contributed by atoms with Crippen molar-refractivity contribution in [3.63, 3.8) is 0 Å². The van der Waals surface area contributed by atoms with Crippen LogP contribution in [0.3, 0.4) is 0 Å². The van der Waals surface area contributed by atoms with E-state index in [1.807, 2.05) is 31.2 Å². The molecule has 7 heteroatoms. The molecule has 1 N–H and O–H groups in total. The van der Waals surface area contributed by atoms with E-state index in [0.717, 1.165) is 17.9 Å². The average Bonchev–Trinajstić information content (AvgIpc) is 2.65. The van der Waals surface area contributed by atoms with Gasteiger partial charge >= 0.3 is 0 Å². The molecule has 1 heterocycles. The summed E-state index contributed by atoms with van der Waals surface area (Å²) in [5.41, 5.74) is 0.734. The summed E-state index contributed by atoms with van der Waals surface area (Å²) in [5, 5.41) is 8.12. The zero-order valence-corrected chi connectivity index (χ0v) is 15.9. The molecule has 1 aliphatic rings. The van der Waals surface area contributed by atoms with Gasteiger partial charge in [-0.05, 0) is 49.9 Å². The number of ether oxygens (including phenoxy) is 1. The molecule has 3 rings (SSSR count). The molecular weight excluding hydrogens is 344 g/mol. The highest BCUT2D eigenvalue weighted by molar-refractivity contribution is 5.76. The number of rotatable bonds is 8. The van der Waals surface area contributed by atoms with Crippen molar-refractivity contribution in [3.8, 4) is 17.1 Å². The Morgan fingerprint density at radius 2 is 2.00 bits per heavy atom. The van der Waals surface area contributed by atoms with Crippen molar-refractivity contribution >= 4 is 5.91 Å². The van der Waals surface area contributed by atoms with E-state index in [9.17, 15) is 9.59 Å². The Morgan fingerprint density at radius 3 is 2.59 bits per heavy atom. The lowest BCUT2D eigenvalue weighted by Gasteiger charge is -2.25. The molecule has 144 valence electrons. The van der Waals surface area contributed by atoms with Gasteiger partial charge in [-0.2, -0.15) is 0 Å². The number of hydrogen-bond acceptors (Lipinski definition) is 5. The summed E-state index contributed by atoms with van der Waals surface area (Å²) in [4.78, 5) is 28.5. The van der Waals surface area contributed by atoms with E-state index in [4.69, 9.17) is 4.74 Å². The fourth-order valence-corrected chi connectivity index (χ4v) is 2.83. The van der Waals surface area contributed by atoms with Crippen LogP contribution in [0.4, 0.5) is 0 Å². The number of carbonyl (C=O) groups excluding carboxylic acids is 1. The minimum atomic E-state index is -0.308. The van der Waals surface area contributed by atoms with Crippen molar-refractivity contribution in [3.05, 3.63) is 40.3 Å². The molecule has 0 aliphatic heterocycles. The number of nitrogens with one attached hydrogen (secondary N) is 1. The number of aromatic nitrogens is 3. The van der Waals surface area contributed by atoms with Crippen molar-refractivity contribution < 1.29 is 9.53 Å². The van der Waals surface area contributed by atoms with Crippen LogP contribution in [-0.2, 0) is 11.2 Å². The van der Waals surface area contributed by atoms with Gasteiger partial charge < -0.3 is 14.6 Å². The molecule has 1 fully saturated rings. The Morgan fingerprint density at radius 1 is 1.26 bits per heavy atom. The lowest BCUT2D eigenvalue weighted by Crippen LogP contribution is -2.27. The molecule has 0 bridgehead atoms. The fraction of sp³-hybridized carbons (Fsp3) is 0.500. The topological polar surface area (TPSA) is 88.2 Å². The third-order valence-corrected chi connectivity index (χ3v) is 5.08. The smallest absolute Gasteiger partial charge is 0.273 e. The first kappa shape index (κ1) is 19.1. The highest BCUT2D eigenvalue weighted by Gasteiger charge is 2.18. The van der Waals surface area contributed by atoms with Gasteiger partial charge in [0.25, 0.3) is 5.56 Å². The van der Waals surface area contributed by atoms with Gasteiger partial charge in [-0.1, -0.05) is 6.42 Å². The third-order valence-electron chi connectivity index (χ3n) is 5.08. The lowest BCUT2D eigenvalue weighted by atomic mass is 9.86. The maximum Gasteiger partial charge on any atom is 0.273 e. The summed E-state index contributed by atoms with van der Waals surface area (Å²) in [6, 6.07) is 7.47. The van der Waals surface area contributed by atoms with E-state index in [-0.39, 0.29) is 30.0 Å². The van der Waals surface area contributed by atoms with Crippen molar-refractivity contribution in [2.24, 2.45) is 5.92 Å². The molecule has 27 heavy (non-hydrogen) atoms. The largest absolute Gasteiger partial charge is 0.493 e. The van der Waals surface area contributed by atoms with Crippen molar-refractivity contribution in [1.29, 1.82) is 0 Å². The Bertz CT molecular complexity index is 828. The molecule has 0 spiro atoms. The maximum absolute atomic E-state index is 12.2. The van der Waals surface area contributed by atoms with Crippen LogP contribution in [0, 0.1) is 5.92 Å². The van der Waals surface area contributed by atoms with Crippen molar-refractivity contribution in [2.75, 3.05) is 20.2 Å². The molecular formula is C20H26N4O3. The van der Waals surface area contributed by atoms with Gasteiger partial charge in [-0.15, -0.1) is 10.2 Å². The fourth-order valence-electron chi connectivity index (χ4n) is 2.83. The predicted molar refractivity (Wildman–Crippen MR) is 103 cm³/mol. The minimum absolute atomic E-state index is 0.0136. The first-order valence-electron chi connectivity index (χ1n) is 9.50. The highest BCUT2D eigenvalue weighted by atomic mass is 16.5. The zero-order chi connectivity index (χ0) is 19.2. The van der Waals surface area contributed by atoms with E-state index in [1.54, 1.807) is 11.9 Å². The number of carbonyl (C=O) groups is 1. The molecule has 1 aliphatic carbocycles. The van der Waals surface area contributed by atoms with E-state index < -0.39 is 0 Å². The van der Waals surface area contributed by atoms with Crippen LogP contribution in [0.5, 0.6) is 5.75 Å². The summed E-state index contributed by atoms with van der Waals surface area (Å²) in [5.74, 6) is 1.89. The molecule has 0 radical (unpaired) electrons. The molecule has 0 saturated heterocycles. The Balaban J connectivity index is 1.60. The highest BCUT2D eigenvalue weighted by Crippen LogP contribution is 2.27. The van der Waals surface area contributed by atoms with Gasteiger partial charge in [0.1, 0.15) is 11.4 Å². The van der Waals surface area contributed by atoms with Gasteiger partial charge in [-0.25, -0.2) is 0 Å². The van der Waals surface area contributed by atoms with Gasteiger partial charge in [-0.3, -0.25) is 9.59 Å². The average molecular weight is 370 g/mol. The van der Waals surface area contributed by atoms with Crippen LogP contribution < -0.4 is 10.3 Å². The number of aryl methyl sites for hydroxylation is 1. The second-order valence-electron chi connectivity index (χ2n) is 6.99. The molecule has 1 aromatic heterocycles. The second-order valence-corrected chi connectivity index (χ2v) is 6.99. The normalized spacial score (nSPS) is 13.9. The predicted octanol–water partition coefficient (Wildman–Crippen LogP) is 2.42. The van der Waals surface area contributed by atoms with Crippen LogP contribution in [0.1, 0.15) is 38.3 Å². The van der Waals surface area contributed by atoms with Crippen LogP contribution in [0.25, 0.3) is 11.4 Å². The Hall–Kier alpha value is -2.70. The zero-order valence-electron chi connectivity index (χ0n) is 15.9. The maximum atomic E-state index is 12.2. The monoisotopic (exact) mass is 370 g/mol. The molecule has 0 atom stereocenters. The molecule has 0 unspecified atom stereocenters. The summed E-state index contributed by atoms with van der Waals surface area (Å²) < 4.78 is 5.78. The van der Waals surface area contributed by atoms with Crippen LogP contribution in [0.2, 0.25) is 0 Å². The Kier molecular flexibility index (Phi) is 6.21. The summed E-state index contributed by atoms with van der Waals surface area (Å²) >= 11 is 0. The van der Waals surface area contributed by atoms with Crippen molar-refractivity contribution in [1.82, 2.24) is 20.1 Å². The van der Waals surface area contributed by atoms with E-state index in [0.29, 0.717) is 18.3 Å². The summed E-state index contributed by atoms with van der Waals surface area (Å²) in [6.45, 7) is 3.31. The molecule has 7 nitrogen and oxygen atoms in total. The van der Waals surface area contributed by atoms with Crippen LogP contribution >= 0.6 is 0 Å². The van der Waals surface area contributed by atoms with Crippen LogP contribution in [0.15, 0.2) is 29.1 Å². The lowest BCUT2D eigenvalue weighted by molar-refractivity contribution is -0.129. The molecule has 1 saturated carbocycles. The number of aromatic amines is 1. The quantitative estimate of drug-likeness (QED) is 0.771. The second kappa shape index (κ2) is 8.79. The number of benzene rings is 1. The standard InChI is InChI=1S/C20H26N4O3/c1-3-24(2)18(25)12-11-17-20(26)21-19(23-22-17)15-7-9-16(10-8-15)27-13-14-5-4-6-14/h7-10,14H,3-6,11-13H2,1-2H3,(H,21,23,26). The minimum Gasteiger partial charge on any atom is -0.493 e. The summed E-state index contributed by atoms with van der Waals surface area (Å²) in [7, 11) is 1.74. The molecule has 1 aromatic carbocycles. The number of H-pyrrole nitrogens is 1. The summed E-state index contributed by atoms with van der Waals surface area (Å²) in [6.07, 6.45) is 4.33. The van der Waals surface area contributed by atoms with Gasteiger partial charge in [0.05, 0.1) is 6.61 Å². The van der Waals surface area contributed by atoms with E-state index >= 15 is 0 Å². The molecule has 1 amide bonds. The number of amides is 1. The van der Waals surface area contributed by atoms with Crippen molar-refractivity contribution in [2.45, 2.75) is 39.0 Å². The van der Waals surface area contributed by atoms with Gasteiger partial charge in [0.2, 0.25) is 5.91 Å². The molecule has 2 aromatic rings. The van der Waals surface area contributed by atoms with Gasteiger partial charge in [0.15, 0.2) is 5.82 Å². The first-order chi connectivity index (χ1) is 13.1. The number of hydrogen-bond donors (Lipinski definition) is 1. The number of nitrogens with zero attached hydrogens (tertiary/aromatic N) is 3. The Labute approximate surface area is 158 Å². The van der Waals surface area contributed by atoms with Crippen LogP contribution in [-0.4, -0.2) is 46.2 Å². The van der Waals surface area contributed by atoms with Gasteiger partial charge in [0, 0.05) is 32.0 Å². The van der Waals surface area contributed by atoms with E-state index in [1.165, 1.54) is 19.3 Å². The third kappa shape index (κ3) is 4.93.